The number of rotatable bonds is 2. The standard InChI is InChI=1S/C10H8Br2S2/c1-13-10-8(12)4-6(5-11)7-2-3-14-9(7)10/h2-4H,5H2,1H3. The minimum Gasteiger partial charge on any atom is -0.143 e. The van der Waals surface area contributed by atoms with E-state index >= 15 is 0 Å². The molecule has 0 nitrogen and oxygen atoms in total. The number of thioether (sulfide) groups is 1. The molecule has 4 heteroatoms. The average molecular weight is 352 g/mol. The second-order valence-corrected chi connectivity index (χ2v) is 6.00. The van der Waals surface area contributed by atoms with Crippen molar-refractivity contribution in [2.45, 2.75) is 10.2 Å². The largest absolute Gasteiger partial charge is 0.143 e. The monoisotopic (exact) mass is 350 g/mol. The summed E-state index contributed by atoms with van der Waals surface area (Å²) in [4.78, 5) is 1.35. The highest BCUT2D eigenvalue weighted by Gasteiger charge is 2.10. The van der Waals surface area contributed by atoms with Gasteiger partial charge in [-0.05, 0) is 50.6 Å². The molecule has 0 amide bonds. The molecule has 0 unspecified atom stereocenters. The Hall–Kier alpha value is 0.490. The van der Waals surface area contributed by atoms with Gasteiger partial charge >= 0.3 is 0 Å². The number of hydrogen-bond donors (Lipinski definition) is 0. The molecule has 74 valence electrons. The lowest BCUT2D eigenvalue weighted by Gasteiger charge is -2.06. The molecule has 14 heavy (non-hydrogen) atoms. The Morgan fingerprint density at radius 2 is 2.29 bits per heavy atom. The molecule has 0 fully saturated rings. The smallest absolute Gasteiger partial charge is 0.0493 e. The fourth-order valence-electron chi connectivity index (χ4n) is 1.44. The van der Waals surface area contributed by atoms with Gasteiger partial charge in [0.05, 0.1) is 0 Å². The van der Waals surface area contributed by atoms with Crippen LogP contribution in [0.1, 0.15) is 5.56 Å². The normalized spacial score (nSPS) is 11.1. The van der Waals surface area contributed by atoms with E-state index in [1.165, 1.54) is 25.0 Å². The van der Waals surface area contributed by atoms with E-state index in [1.807, 2.05) is 11.3 Å². The van der Waals surface area contributed by atoms with Gasteiger partial charge in [0.15, 0.2) is 0 Å². The number of thiophene rings is 1. The first-order valence-electron chi connectivity index (χ1n) is 4.06. The van der Waals surface area contributed by atoms with Gasteiger partial charge in [0.1, 0.15) is 0 Å². The Bertz CT molecular complexity index is 462. The molecule has 1 heterocycles. The third kappa shape index (κ3) is 1.77. The molecule has 1 aromatic carbocycles. The summed E-state index contributed by atoms with van der Waals surface area (Å²) in [6, 6.07) is 4.40. The van der Waals surface area contributed by atoms with Crippen LogP contribution in [0.4, 0.5) is 0 Å². The zero-order chi connectivity index (χ0) is 10.1. The predicted octanol–water partition coefficient (Wildman–Crippen LogP) is 5.28. The zero-order valence-corrected chi connectivity index (χ0v) is 12.3. The zero-order valence-electron chi connectivity index (χ0n) is 7.51. The number of halogens is 2. The van der Waals surface area contributed by atoms with E-state index in [1.54, 1.807) is 11.8 Å². The highest BCUT2D eigenvalue weighted by atomic mass is 79.9. The summed E-state index contributed by atoms with van der Waals surface area (Å²) in [6.07, 6.45) is 2.12. The van der Waals surface area contributed by atoms with Crippen molar-refractivity contribution in [3.05, 3.63) is 27.5 Å². The molecule has 0 bridgehead atoms. The van der Waals surface area contributed by atoms with Crippen LogP contribution in [0.3, 0.4) is 0 Å². The second-order valence-electron chi connectivity index (χ2n) is 2.85. The maximum Gasteiger partial charge on any atom is 0.0493 e. The van der Waals surface area contributed by atoms with Gasteiger partial charge < -0.3 is 0 Å². The van der Waals surface area contributed by atoms with Gasteiger partial charge in [0.25, 0.3) is 0 Å². The molecule has 0 saturated heterocycles. The van der Waals surface area contributed by atoms with Crippen molar-refractivity contribution >= 4 is 65.0 Å². The Kier molecular flexibility index (Phi) is 3.58. The number of hydrogen-bond acceptors (Lipinski definition) is 2. The van der Waals surface area contributed by atoms with Crippen LogP contribution in [-0.2, 0) is 5.33 Å². The number of fused-ring (bicyclic) bond motifs is 1. The van der Waals surface area contributed by atoms with Crippen LogP contribution in [0.25, 0.3) is 10.1 Å². The van der Waals surface area contributed by atoms with Crippen molar-refractivity contribution < 1.29 is 0 Å². The van der Waals surface area contributed by atoms with Gasteiger partial charge in [-0.2, -0.15) is 0 Å². The third-order valence-electron chi connectivity index (χ3n) is 2.08. The van der Waals surface area contributed by atoms with E-state index in [0.29, 0.717) is 0 Å². The van der Waals surface area contributed by atoms with Crippen molar-refractivity contribution in [2.24, 2.45) is 0 Å². The van der Waals surface area contributed by atoms with Crippen LogP contribution in [-0.4, -0.2) is 6.26 Å². The summed E-state index contributed by atoms with van der Waals surface area (Å²) in [7, 11) is 0. The van der Waals surface area contributed by atoms with Gasteiger partial charge in [-0.3, -0.25) is 0 Å². The topological polar surface area (TPSA) is 0 Å². The summed E-state index contributed by atoms with van der Waals surface area (Å²) in [6.45, 7) is 0. The predicted molar refractivity (Wildman–Crippen MR) is 73.9 cm³/mol. The molecule has 2 rings (SSSR count). The quantitative estimate of drug-likeness (QED) is 0.523. The van der Waals surface area contributed by atoms with E-state index in [9.17, 15) is 0 Å². The summed E-state index contributed by atoms with van der Waals surface area (Å²) in [5.41, 5.74) is 1.35. The van der Waals surface area contributed by atoms with E-state index in [2.05, 4.69) is 55.6 Å². The average Bonchev–Trinajstić information content (AvgIpc) is 2.65. The first-order chi connectivity index (χ1) is 6.77. The van der Waals surface area contributed by atoms with E-state index in [4.69, 9.17) is 0 Å². The lowest BCUT2D eigenvalue weighted by molar-refractivity contribution is 1.41. The Morgan fingerprint density at radius 3 is 2.93 bits per heavy atom. The molecule has 2 aromatic rings. The Labute approximate surface area is 108 Å². The molecule has 0 spiro atoms. The SMILES string of the molecule is CSc1c(Br)cc(CBr)c2ccsc12. The molecule has 0 saturated carbocycles. The molecule has 0 N–H and O–H groups in total. The van der Waals surface area contributed by atoms with Crippen LogP contribution < -0.4 is 0 Å². The van der Waals surface area contributed by atoms with Crippen molar-refractivity contribution in [1.29, 1.82) is 0 Å². The van der Waals surface area contributed by atoms with Gasteiger partial charge in [0, 0.05) is 19.4 Å². The first-order valence-corrected chi connectivity index (χ1v) is 8.08. The molecule has 0 radical (unpaired) electrons. The fourth-order valence-corrected chi connectivity index (χ4v) is 4.83. The second kappa shape index (κ2) is 4.56. The maximum absolute atomic E-state index is 3.62. The van der Waals surface area contributed by atoms with Crippen LogP contribution in [0, 0.1) is 0 Å². The number of alkyl halides is 1. The van der Waals surface area contributed by atoms with E-state index < -0.39 is 0 Å². The molecule has 1 aromatic heterocycles. The van der Waals surface area contributed by atoms with Crippen LogP contribution in [0.15, 0.2) is 26.9 Å². The van der Waals surface area contributed by atoms with Gasteiger partial charge in [-0.25, -0.2) is 0 Å². The van der Waals surface area contributed by atoms with Crippen molar-refractivity contribution in [3.8, 4) is 0 Å². The summed E-state index contributed by atoms with van der Waals surface area (Å²) in [5.74, 6) is 0. The molecule has 0 atom stereocenters. The lowest BCUT2D eigenvalue weighted by atomic mass is 10.1. The maximum atomic E-state index is 3.62. The van der Waals surface area contributed by atoms with Crippen molar-refractivity contribution in [1.82, 2.24) is 0 Å². The van der Waals surface area contributed by atoms with Gasteiger partial charge in [-0.15, -0.1) is 23.1 Å². The van der Waals surface area contributed by atoms with E-state index in [-0.39, 0.29) is 0 Å². The summed E-state index contributed by atoms with van der Waals surface area (Å²) in [5, 5.41) is 4.44. The highest BCUT2D eigenvalue weighted by molar-refractivity contribution is 9.10. The lowest BCUT2D eigenvalue weighted by Crippen LogP contribution is -1.82. The molecular weight excluding hydrogens is 344 g/mol. The third-order valence-corrected chi connectivity index (χ3v) is 5.47. The minimum absolute atomic E-state index is 0.910. The summed E-state index contributed by atoms with van der Waals surface area (Å²) >= 11 is 10.7. The van der Waals surface area contributed by atoms with Gasteiger partial charge in [0.2, 0.25) is 0 Å². The van der Waals surface area contributed by atoms with Gasteiger partial charge in [-0.1, -0.05) is 15.9 Å². The van der Waals surface area contributed by atoms with Crippen LogP contribution in [0.2, 0.25) is 0 Å². The van der Waals surface area contributed by atoms with Crippen molar-refractivity contribution in [3.63, 3.8) is 0 Å². The van der Waals surface area contributed by atoms with Crippen LogP contribution in [0.5, 0.6) is 0 Å². The van der Waals surface area contributed by atoms with Crippen molar-refractivity contribution in [2.75, 3.05) is 6.26 Å². The van der Waals surface area contributed by atoms with Crippen LogP contribution >= 0.6 is 55.0 Å². The Balaban J connectivity index is 2.81. The van der Waals surface area contributed by atoms with E-state index in [0.717, 1.165) is 5.33 Å². The number of benzene rings is 1. The fraction of sp³-hybridized carbons (Fsp3) is 0.200. The highest BCUT2D eigenvalue weighted by Crippen LogP contribution is 2.39. The summed E-state index contributed by atoms with van der Waals surface area (Å²) < 4.78 is 2.59. The first kappa shape index (κ1) is 11.0. The minimum atomic E-state index is 0.910. The molecule has 0 aliphatic carbocycles. The molecule has 0 aliphatic heterocycles. The Morgan fingerprint density at radius 1 is 1.50 bits per heavy atom. The molecule has 0 aliphatic rings. The molecular formula is C10H8Br2S2.